The molecule has 258 valence electrons. The van der Waals surface area contributed by atoms with Gasteiger partial charge in [-0.1, -0.05) is 69.8 Å². The highest BCUT2D eigenvalue weighted by molar-refractivity contribution is 6.06. The van der Waals surface area contributed by atoms with E-state index in [1.165, 1.54) is 16.7 Å². The molecule has 1 spiro atoms. The Balaban J connectivity index is 0.00000140. The molecule has 0 aromatic heterocycles. The van der Waals surface area contributed by atoms with Crippen molar-refractivity contribution in [3.8, 4) is 0 Å². The molecular weight excluding hydrogens is 584 g/mol. The highest BCUT2D eigenvalue weighted by Crippen LogP contribution is 2.54. The summed E-state index contributed by atoms with van der Waals surface area (Å²) in [6.07, 6.45) is 7.30. The summed E-state index contributed by atoms with van der Waals surface area (Å²) < 4.78 is 0. The Kier molecular flexibility index (Phi) is 13.0. The van der Waals surface area contributed by atoms with Gasteiger partial charge < -0.3 is 21.2 Å². The van der Waals surface area contributed by atoms with Crippen molar-refractivity contribution < 1.29 is 23.0 Å². The van der Waals surface area contributed by atoms with E-state index in [9.17, 15) is 9.59 Å². The molecule has 1 fully saturated rings. The number of hydrogen-bond donors (Lipinski definition) is 3. The Morgan fingerprint density at radius 2 is 1.79 bits per heavy atom. The zero-order chi connectivity index (χ0) is 33.6. The second-order valence-corrected chi connectivity index (χ2v) is 14.8. The Labute approximate surface area is 285 Å². The molecule has 47 heavy (non-hydrogen) atoms. The lowest BCUT2D eigenvalue weighted by Gasteiger charge is -2.41. The molecule has 1 aliphatic heterocycles. The van der Waals surface area contributed by atoms with E-state index in [1.54, 1.807) is 20.8 Å². The van der Waals surface area contributed by atoms with Crippen molar-refractivity contribution in [3.05, 3.63) is 100 Å². The third-order valence-corrected chi connectivity index (χ3v) is 9.79. The van der Waals surface area contributed by atoms with Crippen LogP contribution in [-0.2, 0) is 27.8 Å². The zero-order valence-electron chi connectivity index (χ0n) is 29.5. The van der Waals surface area contributed by atoms with Crippen LogP contribution in [0.3, 0.4) is 0 Å². The minimum absolute atomic E-state index is 0. The predicted molar refractivity (Wildman–Crippen MR) is 197 cm³/mol. The van der Waals surface area contributed by atoms with Crippen molar-refractivity contribution in [1.29, 1.82) is 0 Å². The Morgan fingerprint density at radius 3 is 2.34 bits per heavy atom. The first-order chi connectivity index (χ1) is 21.8. The van der Waals surface area contributed by atoms with Gasteiger partial charge in [0, 0.05) is 32.5 Å². The van der Waals surface area contributed by atoms with Crippen LogP contribution in [0.5, 0.6) is 0 Å². The number of nitrogens with one attached hydrogen (secondary N) is 2. The number of carbonyl (C=O) groups is 2. The van der Waals surface area contributed by atoms with E-state index < -0.39 is 11.0 Å². The number of amides is 1. The molecule has 1 amide bonds. The van der Waals surface area contributed by atoms with Gasteiger partial charge in [0.05, 0.1) is 11.0 Å². The van der Waals surface area contributed by atoms with E-state index in [4.69, 9.17) is 5.11 Å². The maximum atomic E-state index is 14.2. The second-order valence-electron chi connectivity index (χ2n) is 14.8. The van der Waals surface area contributed by atoms with Crippen LogP contribution in [0, 0.1) is 23.7 Å². The summed E-state index contributed by atoms with van der Waals surface area (Å²) in [5.41, 5.74) is 12.3. The van der Waals surface area contributed by atoms with Crippen LogP contribution in [-0.4, -0.2) is 41.0 Å². The summed E-state index contributed by atoms with van der Waals surface area (Å²) in [6, 6.07) is 16.9. The van der Waals surface area contributed by atoms with Crippen LogP contribution in [0.4, 0.5) is 5.69 Å². The Hall–Kier alpha value is -3.50. The van der Waals surface area contributed by atoms with Gasteiger partial charge in [-0.05, 0) is 119 Å². The normalized spacial score (nSPS) is 22.1. The fourth-order valence-electron chi connectivity index (χ4n) is 7.37. The smallest absolute Gasteiger partial charge is 0.235 e. The molecule has 6 heteroatoms. The third-order valence-electron chi connectivity index (χ3n) is 9.79. The molecule has 0 bridgehead atoms. The lowest BCUT2D eigenvalue weighted by Crippen LogP contribution is -2.43. The molecule has 2 aromatic rings. The van der Waals surface area contributed by atoms with E-state index in [0.29, 0.717) is 31.0 Å². The Morgan fingerprint density at radius 1 is 1.17 bits per heavy atom. The number of likely N-dealkylation sites (N-methyl/N-ethyl adjacent to an activating group) is 1. The van der Waals surface area contributed by atoms with Gasteiger partial charge in [0.2, 0.25) is 5.91 Å². The van der Waals surface area contributed by atoms with E-state index in [2.05, 4.69) is 79.8 Å². The highest BCUT2D eigenvalue weighted by Gasteiger charge is 2.52. The molecule has 1 unspecified atom stereocenters. The van der Waals surface area contributed by atoms with Crippen LogP contribution < -0.4 is 10.6 Å². The molecule has 0 saturated heterocycles. The standard InChI is InChI=1S/C37H44N2O2.C4H10O.H2O.2H2/c1-6-25-12-14-26(15-13-25)20-30(21-27(7-2)35(38-5)24(3)4)34(40)22-29-18-19-37(23-31(29)28-16-17-28)32-10-8-9-11-33(32)39-36(37)41;1-4(2,3)5;;;/h8-16,24,29-31,35,38H,2,6,18-23H2,1,3-5H3,(H,39,41);5H,1-3H3;1H2;2*1H/t29?,30-,31+,35+,37-;;;;/m1..../s1. The average molecular weight is 645 g/mol. The average Bonchev–Trinajstić information content (AvgIpc) is 3.82. The lowest BCUT2D eigenvalue weighted by atomic mass is 9.60. The number of Topliss-reactive ketones (excluding diaryl/α,β-unsaturated/α-hetero) is 1. The summed E-state index contributed by atoms with van der Waals surface area (Å²) in [5.74, 6) is 1.02. The number of anilines is 1. The van der Waals surface area contributed by atoms with Crippen LogP contribution >= 0.6 is 0 Å². The highest BCUT2D eigenvalue weighted by atomic mass is 16.3. The van der Waals surface area contributed by atoms with Gasteiger partial charge in [-0.2, -0.15) is 0 Å². The SMILES string of the molecule is C=C=C(C[C@@H](Cc1ccc(CC)cc1)C(=O)CC1CC[C@]2(C[C@H]1C1=C=C1)C(=O)Nc1ccccc12)[C@@H](NC)C(C)C.CC(C)(C)O.O.[HH].[HH]. The monoisotopic (exact) mass is 644 g/mol. The van der Waals surface area contributed by atoms with Gasteiger partial charge in [0.1, 0.15) is 5.78 Å². The van der Waals surface area contributed by atoms with E-state index in [0.717, 1.165) is 42.5 Å². The first kappa shape index (κ1) is 38.0. The molecule has 6 nitrogen and oxygen atoms in total. The Bertz CT molecular complexity index is 1530. The van der Waals surface area contributed by atoms with Gasteiger partial charge in [-0.15, -0.1) is 11.5 Å². The van der Waals surface area contributed by atoms with Gasteiger partial charge in [0.15, 0.2) is 0 Å². The minimum Gasteiger partial charge on any atom is -0.412 e. The van der Waals surface area contributed by atoms with Crippen LogP contribution in [0.15, 0.2) is 83.8 Å². The van der Waals surface area contributed by atoms with Crippen molar-refractivity contribution in [2.75, 3.05) is 12.4 Å². The van der Waals surface area contributed by atoms with E-state index in [1.807, 2.05) is 31.3 Å². The van der Waals surface area contributed by atoms with Gasteiger partial charge in [-0.3, -0.25) is 9.59 Å². The second kappa shape index (κ2) is 16.1. The maximum Gasteiger partial charge on any atom is 0.235 e. The molecule has 5 rings (SSSR count). The summed E-state index contributed by atoms with van der Waals surface area (Å²) in [6.45, 7) is 15.8. The fraction of sp³-hybridized carbons (Fsp3) is 0.512. The van der Waals surface area contributed by atoms with Crippen molar-refractivity contribution in [3.63, 3.8) is 0 Å². The van der Waals surface area contributed by atoms with Crippen molar-refractivity contribution in [2.45, 2.75) is 104 Å². The molecule has 5 N–H and O–H groups in total. The molecule has 0 radical (unpaired) electrons. The quantitative estimate of drug-likeness (QED) is 0.207. The number of allylic oxidation sites excluding steroid dienone is 1. The summed E-state index contributed by atoms with van der Waals surface area (Å²) in [5, 5.41) is 15.1. The molecule has 2 aromatic carbocycles. The number of fused-ring (bicyclic) bond motifs is 2. The van der Waals surface area contributed by atoms with Gasteiger partial charge in [-0.25, -0.2) is 0 Å². The molecule has 3 aliphatic rings. The van der Waals surface area contributed by atoms with Crippen LogP contribution in [0.2, 0.25) is 0 Å². The summed E-state index contributed by atoms with van der Waals surface area (Å²) in [4.78, 5) is 27.6. The molecule has 2 aliphatic carbocycles. The number of ketones is 1. The first-order valence-corrected chi connectivity index (χ1v) is 17.1. The number of para-hydroxylation sites is 1. The molecule has 1 heterocycles. The number of aliphatic hydroxyl groups is 1. The van der Waals surface area contributed by atoms with Crippen molar-refractivity contribution in [2.24, 2.45) is 23.7 Å². The topological polar surface area (TPSA) is 110 Å². The largest absolute Gasteiger partial charge is 0.412 e. The zero-order valence-corrected chi connectivity index (χ0v) is 29.5. The summed E-state index contributed by atoms with van der Waals surface area (Å²) in [7, 11) is 1.97. The molecule has 5 atom stereocenters. The van der Waals surface area contributed by atoms with E-state index >= 15 is 0 Å². The van der Waals surface area contributed by atoms with E-state index in [-0.39, 0.29) is 38.0 Å². The number of benzene rings is 2. The van der Waals surface area contributed by atoms with Crippen molar-refractivity contribution in [1.82, 2.24) is 5.32 Å². The summed E-state index contributed by atoms with van der Waals surface area (Å²) >= 11 is 0. The number of aryl methyl sites for hydroxylation is 1. The number of rotatable bonds is 12. The van der Waals surface area contributed by atoms with Crippen LogP contribution in [0.1, 0.15) is 93.2 Å². The fourth-order valence-corrected chi connectivity index (χ4v) is 7.37. The van der Waals surface area contributed by atoms with Crippen molar-refractivity contribution >= 4 is 17.4 Å². The third kappa shape index (κ3) is 9.54. The minimum atomic E-state index is -0.512. The molecule has 1 saturated carbocycles. The van der Waals surface area contributed by atoms with Gasteiger partial charge in [0.25, 0.3) is 0 Å². The predicted octanol–water partition coefficient (Wildman–Crippen LogP) is 7.56. The van der Waals surface area contributed by atoms with Gasteiger partial charge >= 0.3 is 0 Å². The maximum absolute atomic E-state index is 14.2. The molecular formula is C41H60N2O4. The first-order valence-electron chi connectivity index (χ1n) is 17.1. The van der Waals surface area contributed by atoms with Crippen LogP contribution in [0.25, 0.3) is 0 Å². The number of hydrogen-bond acceptors (Lipinski definition) is 4. The number of carbonyl (C=O) groups excluding carboxylic acids is 2. The lowest BCUT2D eigenvalue weighted by molar-refractivity contribution is -0.125.